The van der Waals surface area contributed by atoms with E-state index in [0.29, 0.717) is 6.54 Å². The Labute approximate surface area is 103 Å². The maximum absolute atomic E-state index is 11.8. The van der Waals surface area contributed by atoms with Crippen LogP contribution in [0.1, 0.15) is 17.5 Å². The first-order chi connectivity index (χ1) is 8.15. The summed E-state index contributed by atoms with van der Waals surface area (Å²) in [7, 11) is 1.89. The Kier molecular flexibility index (Phi) is 3.79. The van der Waals surface area contributed by atoms with Crippen LogP contribution in [0, 0.1) is 6.92 Å². The van der Waals surface area contributed by atoms with Crippen molar-refractivity contribution in [2.45, 2.75) is 19.9 Å². The fourth-order valence-electron chi connectivity index (χ4n) is 2.13. The molecule has 0 atom stereocenters. The first-order valence-corrected chi connectivity index (χ1v) is 6.17. The molecule has 2 rings (SSSR count). The number of carbonyl (C=O) groups is 1. The third kappa shape index (κ3) is 3.30. The number of hydrogen-bond acceptors (Lipinski definition) is 2. The number of benzene rings is 1. The van der Waals surface area contributed by atoms with Gasteiger partial charge < -0.3 is 4.90 Å². The summed E-state index contributed by atoms with van der Waals surface area (Å²) < 4.78 is 0. The van der Waals surface area contributed by atoms with Crippen molar-refractivity contribution in [1.82, 2.24) is 9.80 Å². The lowest BCUT2D eigenvalue weighted by molar-refractivity contribution is -0.129. The van der Waals surface area contributed by atoms with Gasteiger partial charge in [-0.15, -0.1) is 0 Å². The van der Waals surface area contributed by atoms with Gasteiger partial charge in [-0.3, -0.25) is 9.69 Å². The molecule has 0 N–H and O–H groups in total. The van der Waals surface area contributed by atoms with Crippen LogP contribution in [0.25, 0.3) is 0 Å². The quantitative estimate of drug-likeness (QED) is 0.774. The van der Waals surface area contributed by atoms with E-state index in [1.807, 2.05) is 11.9 Å². The van der Waals surface area contributed by atoms with Gasteiger partial charge >= 0.3 is 0 Å². The summed E-state index contributed by atoms with van der Waals surface area (Å²) in [6, 6.07) is 8.55. The monoisotopic (exact) mass is 232 g/mol. The molecule has 3 heteroatoms. The van der Waals surface area contributed by atoms with E-state index >= 15 is 0 Å². The Hall–Kier alpha value is -1.35. The largest absolute Gasteiger partial charge is 0.345 e. The number of amides is 1. The van der Waals surface area contributed by atoms with E-state index in [4.69, 9.17) is 0 Å². The number of aryl methyl sites for hydroxylation is 1. The van der Waals surface area contributed by atoms with Gasteiger partial charge in [0.2, 0.25) is 5.91 Å². The van der Waals surface area contributed by atoms with E-state index in [0.717, 1.165) is 26.1 Å². The minimum atomic E-state index is 0.231. The molecular formula is C14H20N2O. The molecule has 1 aliphatic heterocycles. The highest BCUT2D eigenvalue weighted by Gasteiger charge is 2.18. The van der Waals surface area contributed by atoms with Crippen molar-refractivity contribution < 1.29 is 4.79 Å². The first-order valence-electron chi connectivity index (χ1n) is 6.17. The highest BCUT2D eigenvalue weighted by molar-refractivity contribution is 5.78. The third-order valence-electron chi connectivity index (χ3n) is 3.28. The van der Waals surface area contributed by atoms with Crippen molar-refractivity contribution in [2.24, 2.45) is 0 Å². The van der Waals surface area contributed by atoms with Crippen LogP contribution in [0.5, 0.6) is 0 Å². The van der Waals surface area contributed by atoms with E-state index in [2.05, 4.69) is 36.1 Å². The van der Waals surface area contributed by atoms with Gasteiger partial charge in [-0.25, -0.2) is 0 Å². The van der Waals surface area contributed by atoms with Crippen LogP contribution >= 0.6 is 0 Å². The SMILES string of the molecule is Cc1ccc(CN2CCCN(C)C(=O)C2)cc1. The van der Waals surface area contributed by atoms with Crippen molar-refractivity contribution in [2.75, 3.05) is 26.7 Å². The summed E-state index contributed by atoms with van der Waals surface area (Å²) in [5, 5.41) is 0. The van der Waals surface area contributed by atoms with Crippen molar-refractivity contribution in [3.63, 3.8) is 0 Å². The molecule has 0 aromatic heterocycles. The molecule has 0 radical (unpaired) electrons. The number of likely N-dealkylation sites (N-methyl/N-ethyl adjacent to an activating group) is 1. The van der Waals surface area contributed by atoms with Gasteiger partial charge in [0, 0.05) is 26.7 Å². The van der Waals surface area contributed by atoms with Crippen molar-refractivity contribution in [3.05, 3.63) is 35.4 Å². The Balaban J connectivity index is 1.98. The van der Waals surface area contributed by atoms with Crippen molar-refractivity contribution >= 4 is 5.91 Å². The van der Waals surface area contributed by atoms with Gasteiger partial charge in [0.25, 0.3) is 0 Å². The van der Waals surface area contributed by atoms with Crippen LogP contribution in [0.3, 0.4) is 0 Å². The third-order valence-corrected chi connectivity index (χ3v) is 3.28. The number of hydrogen-bond donors (Lipinski definition) is 0. The molecule has 17 heavy (non-hydrogen) atoms. The lowest BCUT2D eigenvalue weighted by atomic mass is 10.1. The topological polar surface area (TPSA) is 23.6 Å². The standard InChI is InChI=1S/C14H20N2O/c1-12-4-6-13(7-5-12)10-16-9-3-8-15(2)14(17)11-16/h4-7H,3,8-11H2,1-2H3. The highest BCUT2D eigenvalue weighted by atomic mass is 16.2. The summed E-state index contributed by atoms with van der Waals surface area (Å²) in [6.07, 6.45) is 1.06. The molecule has 0 spiro atoms. The number of carbonyl (C=O) groups excluding carboxylic acids is 1. The molecule has 1 aliphatic rings. The molecule has 1 saturated heterocycles. The molecule has 1 heterocycles. The predicted octanol–water partition coefficient (Wildman–Crippen LogP) is 1.66. The maximum atomic E-state index is 11.8. The summed E-state index contributed by atoms with van der Waals surface area (Å²) in [5.74, 6) is 0.231. The second-order valence-electron chi connectivity index (χ2n) is 4.87. The Morgan fingerprint density at radius 1 is 1.18 bits per heavy atom. The first kappa shape index (κ1) is 12.1. The minimum absolute atomic E-state index is 0.231. The van der Waals surface area contributed by atoms with E-state index in [-0.39, 0.29) is 5.91 Å². The van der Waals surface area contributed by atoms with Gasteiger partial charge in [0.05, 0.1) is 6.54 Å². The van der Waals surface area contributed by atoms with E-state index < -0.39 is 0 Å². The molecule has 3 nitrogen and oxygen atoms in total. The second-order valence-corrected chi connectivity index (χ2v) is 4.87. The summed E-state index contributed by atoms with van der Waals surface area (Å²) in [4.78, 5) is 15.8. The Bertz CT molecular complexity index is 386. The Morgan fingerprint density at radius 3 is 2.59 bits per heavy atom. The van der Waals surface area contributed by atoms with Crippen LogP contribution in [0.4, 0.5) is 0 Å². The average Bonchev–Trinajstić information content (AvgIpc) is 2.45. The van der Waals surface area contributed by atoms with Crippen LogP contribution in [0.15, 0.2) is 24.3 Å². The zero-order chi connectivity index (χ0) is 12.3. The summed E-state index contributed by atoms with van der Waals surface area (Å²) in [5.41, 5.74) is 2.56. The zero-order valence-corrected chi connectivity index (χ0v) is 10.6. The fraction of sp³-hybridized carbons (Fsp3) is 0.500. The van der Waals surface area contributed by atoms with Crippen LogP contribution in [-0.4, -0.2) is 42.4 Å². The lowest BCUT2D eigenvalue weighted by Gasteiger charge is -2.19. The average molecular weight is 232 g/mol. The molecule has 0 unspecified atom stereocenters. The lowest BCUT2D eigenvalue weighted by Crippen LogP contribution is -2.34. The summed E-state index contributed by atoms with van der Waals surface area (Å²) >= 11 is 0. The number of nitrogens with zero attached hydrogens (tertiary/aromatic N) is 2. The molecule has 1 aromatic carbocycles. The van der Waals surface area contributed by atoms with Crippen LogP contribution < -0.4 is 0 Å². The smallest absolute Gasteiger partial charge is 0.236 e. The van der Waals surface area contributed by atoms with Crippen LogP contribution in [0.2, 0.25) is 0 Å². The second kappa shape index (κ2) is 5.32. The molecule has 92 valence electrons. The molecular weight excluding hydrogens is 212 g/mol. The fourth-order valence-corrected chi connectivity index (χ4v) is 2.13. The molecule has 1 amide bonds. The van der Waals surface area contributed by atoms with Gasteiger partial charge in [0.15, 0.2) is 0 Å². The normalized spacial score (nSPS) is 18.2. The maximum Gasteiger partial charge on any atom is 0.236 e. The van der Waals surface area contributed by atoms with Gasteiger partial charge in [-0.1, -0.05) is 29.8 Å². The van der Waals surface area contributed by atoms with E-state index in [1.54, 1.807) is 0 Å². The predicted molar refractivity (Wildman–Crippen MR) is 68.7 cm³/mol. The van der Waals surface area contributed by atoms with Gasteiger partial charge in [-0.05, 0) is 18.9 Å². The van der Waals surface area contributed by atoms with Gasteiger partial charge in [0.1, 0.15) is 0 Å². The highest BCUT2D eigenvalue weighted by Crippen LogP contribution is 2.10. The van der Waals surface area contributed by atoms with Crippen LogP contribution in [-0.2, 0) is 11.3 Å². The van der Waals surface area contributed by atoms with E-state index in [1.165, 1.54) is 11.1 Å². The molecule has 0 bridgehead atoms. The van der Waals surface area contributed by atoms with Crippen molar-refractivity contribution in [3.8, 4) is 0 Å². The molecule has 1 aromatic rings. The Morgan fingerprint density at radius 2 is 1.88 bits per heavy atom. The molecule has 0 saturated carbocycles. The van der Waals surface area contributed by atoms with Crippen molar-refractivity contribution in [1.29, 1.82) is 0 Å². The molecule has 0 aliphatic carbocycles. The molecule has 1 fully saturated rings. The number of rotatable bonds is 2. The summed E-state index contributed by atoms with van der Waals surface area (Å²) in [6.45, 7) is 5.39. The van der Waals surface area contributed by atoms with Gasteiger partial charge in [-0.2, -0.15) is 0 Å². The minimum Gasteiger partial charge on any atom is -0.345 e. The van der Waals surface area contributed by atoms with E-state index in [9.17, 15) is 4.79 Å². The zero-order valence-electron chi connectivity index (χ0n) is 10.6.